The maximum absolute atomic E-state index is 12.4. The van der Waals surface area contributed by atoms with Gasteiger partial charge >= 0.3 is 5.97 Å². The number of hydrogen-bond donors (Lipinski definition) is 0. The van der Waals surface area contributed by atoms with Crippen molar-refractivity contribution in [3.63, 3.8) is 0 Å². The molecule has 1 saturated carbocycles. The van der Waals surface area contributed by atoms with E-state index in [2.05, 4.69) is 22.9 Å². The third-order valence-electron chi connectivity index (χ3n) is 3.97. The van der Waals surface area contributed by atoms with Crippen LogP contribution in [0.4, 0.5) is 0 Å². The van der Waals surface area contributed by atoms with Gasteiger partial charge < -0.3 is 4.74 Å². The zero-order valence-electron chi connectivity index (χ0n) is 10.3. The van der Waals surface area contributed by atoms with E-state index in [1.165, 1.54) is 6.08 Å². The predicted molar refractivity (Wildman–Crippen MR) is 69.0 cm³/mol. The number of likely N-dealkylation sites (tertiary alicyclic amines) is 1. The number of alkyl halides is 1. The number of unbranched alkanes of at least 4 members (excludes halogenated alkanes) is 1. The fourth-order valence-electron chi connectivity index (χ4n) is 2.85. The summed E-state index contributed by atoms with van der Waals surface area (Å²) in [5, 5.41) is 0. The average Bonchev–Trinajstić information content (AvgIpc) is 3.09. The second kappa shape index (κ2) is 3.83. The topological polar surface area (TPSA) is 46.6 Å². The molecule has 0 radical (unpaired) electrons. The van der Waals surface area contributed by atoms with E-state index in [0.717, 1.165) is 25.7 Å². The summed E-state index contributed by atoms with van der Waals surface area (Å²) in [7, 11) is 0. The van der Waals surface area contributed by atoms with Crippen LogP contribution in [0, 0.1) is 0 Å². The number of halogens is 1. The normalized spacial score (nSPS) is 38.2. The molecule has 1 aliphatic carbocycles. The second-order valence-corrected chi connectivity index (χ2v) is 6.62. The van der Waals surface area contributed by atoms with Crippen LogP contribution in [0.3, 0.4) is 0 Å². The number of nitrogens with zero attached hydrogens (tertiary/aromatic N) is 1. The number of ether oxygens (including phenoxy) is 1. The number of amides is 1. The van der Waals surface area contributed by atoms with E-state index in [9.17, 15) is 9.59 Å². The van der Waals surface area contributed by atoms with Crippen LogP contribution in [0.15, 0.2) is 12.2 Å². The van der Waals surface area contributed by atoms with E-state index in [0.29, 0.717) is 6.42 Å². The van der Waals surface area contributed by atoms with Crippen molar-refractivity contribution in [2.45, 2.75) is 55.1 Å². The van der Waals surface area contributed by atoms with Gasteiger partial charge in [-0.1, -0.05) is 35.7 Å². The molecular weight excluding hydrogens is 298 g/mol. The molecule has 3 aliphatic rings. The standard InChI is InChI=1S/C13H16BrNO3/c1-2-3-7-12(14)11(17)15(9-4-5-9)13(12)8-6-10(16)18-13/h6,8-9H,2-5,7H2,1H3/t12-,13+/m1/s1. The van der Waals surface area contributed by atoms with Crippen LogP contribution >= 0.6 is 15.9 Å². The average molecular weight is 314 g/mol. The molecule has 2 heterocycles. The Morgan fingerprint density at radius 1 is 1.50 bits per heavy atom. The molecule has 1 spiro atoms. The molecule has 4 nitrogen and oxygen atoms in total. The van der Waals surface area contributed by atoms with Gasteiger partial charge in [-0.25, -0.2) is 4.79 Å². The van der Waals surface area contributed by atoms with Gasteiger partial charge in [0, 0.05) is 12.1 Å². The molecule has 5 heteroatoms. The van der Waals surface area contributed by atoms with Gasteiger partial charge in [-0.2, -0.15) is 0 Å². The first-order valence-corrected chi connectivity index (χ1v) is 7.29. The van der Waals surface area contributed by atoms with Crippen molar-refractivity contribution in [3.8, 4) is 0 Å². The molecule has 0 N–H and O–H groups in total. The summed E-state index contributed by atoms with van der Waals surface area (Å²) in [4.78, 5) is 25.6. The van der Waals surface area contributed by atoms with Crippen molar-refractivity contribution in [3.05, 3.63) is 12.2 Å². The molecule has 3 rings (SSSR count). The van der Waals surface area contributed by atoms with Crippen molar-refractivity contribution in [2.75, 3.05) is 0 Å². The lowest BCUT2D eigenvalue weighted by atomic mass is 9.79. The van der Waals surface area contributed by atoms with Gasteiger partial charge in [-0.05, 0) is 25.3 Å². The van der Waals surface area contributed by atoms with Crippen LogP contribution in [-0.2, 0) is 14.3 Å². The Kier molecular flexibility index (Phi) is 2.59. The summed E-state index contributed by atoms with van der Waals surface area (Å²) in [6.45, 7) is 2.08. The van der Waals surface area contributed by atoms with Gasteiger partial charge in [0.05, 0.1) is 0 Å². The van der Waals surface area contributed by atoms with Gasteiger partial charge in [0.25, 0.3) is 0 Å². The number of carbonyl (C=O) groups excluding carboxylic acids is 2. The number of esters is 1. The Bertz CT molecular complexity index is 446. The summed E-state index contributed by atoms with van der Waals surface area (Å²) >= 11 is 3.56. The molecule has 0 aromatic heterocycles. The molecule has 0 bridgehead atoms. The monoisotopic (exact) mass is 313 g/mol. The minimum Gasteiger partial charge on any atom is -0.430 e. The van der Waals surface area contributed by atoms with E-state index < -0.39 is 10.0 Å². The minimum atomic E-state index is -0.864. The van der Waals surface area contributed by atoms with Crippen LogP contribution in [-0.4, -0.2) is 32.9 Å². The molecule has 1 saturated heterocycles. The lowest BCUT2D eigenvalue weighted by Crippen LogP contribution is -2.79. The number of β-lactam (4-membered cyclic amide) rings is 1. The number of carbonyl (C=O) groups is 2. The molecule has 0 aromatic carbocycles. The van der Waals surface area contributed by atoms with Crippen LogP contribution in [0.1, 0.15) is 39.0 Å². The predicted octanol–water partition coefficient (Wildman–Crippen LogP) is 2.12. The lowest BCUT2D eigenvalue weighted by molar-refractivity contribution is -0.210. The summed E-state index contributed by atoms with van der Waals surface area (Å²) in [6.07, 6.45) is 7.85. The Balaban J connectivity index is 1.91. The van der Waals surface area contributed by atoms with Crippen molar-refractivity contribution in [1.82, 2.24) is 4.90 Å². The smallest absolute Gasteiger partial charge is 0.333 e. The van der Waals surface area contributed by atoms with Crippen LogP contribution in [0.5, 0.6) is 0 Å². The lowest BCUT2D eigenvalue weighted by Gasteiger charge is -2.58. The van der Waals surface area contributed by atoms with Crippen molar-refractivity contribution in [1.29, 1.82) is 0 Å². The third-order valence-corrected chi connectivity index (χ3v) is 5.28. The molecule has 0 unspecified atom stereocenters. The fraction of sp³-hybridized carbons (Fsp3) is 0.692. The van der Waals surface area contributed by atoms with E-state index in [-0.39, 0.29) is 17.9 Å². The summed E-state index contributed by atoms with van der Waals surface area (Å²) in [5.41, 5.74) is -0.864. The Hall–Kier alpha value is -0.840. The van der Waals surface area contributed by atoms with Crippen LogP contribution in [0.25, 0.3) is 0 Å². The zero-order chi connectivity index (χ0) is 13.0. The molecule has 0 aromatic rings. The first-order chi connectivity index (χ1) is 8.55. The maximum atomic E-state index is 12.4. The summed E-state index contributed by atoms with van der Waals surface area (Å²) in [6, 6.07) is 0.250. The molecule has 2 aliphatic heterocycles. The highest BCUT2D eigenvalue weighted by Crippen LogP contribution is 2.57. The summed E-state index contributed by atoms with van der Waals surface area (Å²) in [5.74, 6) is -0.286. The van der Waals surface area contributed by atoms with Crippen molar-refractivity contribution < 1.29 is 14.3 Å². The Labute approximate surface area is 114 Å². The highest BCUT2D eigenvalue weighted by atomic mass is 79.9. The van der Waals surface area contributed by atoms with Crippen molar-refractivity contribution in [2.24, 2.45) is 0 Å². The quantitative estimate of drug-likeness (QED) is 0.454. The first kappa shape index (κ1) is 12.2. The SMILES string of the molecule is CCCC[C@@]1(Br)C(=O)N(C2CC2)[C@]12C=CC(=O)O2. The van der Waals surface area contributed by atoms with Gasteiger partial charge in [0.15, 0.2) is 4.32 Å². The molecule has 2 atom stereocenters. The molecule has 98 valence electrons. The summed E-state index contributed by atoms with van der Waals surface area (Å²) < 4.78 is 4.74. The number of hydrogen-bond acceptors (Lipinski definition) is 3. The van der Waals surface area contributed by atoms with Crippen LogP contribution in [0.2, 0.25) is 0 Å². The maximum Gasteiger partial charge on any atom is 0.333 e. The highest BCUT2D eigenvalue weighted by molar-refractivity contribution is 9.10. The number of rotatable bonds is 4. The van der Waals surface area contributed by atoms with Gasteiger partial charge in [0.1, 0.15) is 0 Å². The van der Waals surface area contributed by atoms with Gasteiger partial charge in [-0.3, -0.25) is 9.69 Å². The highest BCUT2D eigenvalue weighted by Gasteiger charge is 2.75. The van der Waals surface area contributed by atoms with E-state index >= 15 is 0 Å². The largest absolute Gasteiger partial charge is 0.430 e. The van der Waals surface area contributed by atoms with Gasteiger partial charge in [0.2, 0.25) is 11.6 Å². The Morgan fingerprint density at radius 2 is 2.22 bits per heavy atom. The van der Waals surface area contributed by atoms with Gasteiger partial charge in [-0.15, -0.1) is 0 Å². The first-order valence-electron chi connectivity index (χ1n) is 6.50. The Morgan fingerprint density at radius 3 is 2.72 bits per heavy atom. The molecule has 1 amide bonds. The molecule has 2 fully saturated rings. The van der Waals surface area contributed by atoms with Crippen molar-refractivity contribution >= 4 is 27.8 Å². The van der Waals surface area contributed by atoms with E-state index in [4.69, 9.17) is 4.74 Å². The minimum absolute atomic E-state index is 0.0674. The second-order valence-electron chi connectivity index (χ2n) is 5.26. The fourth-order valence-corrected chi connectivity index (χ4v) is 3.73. The molecular formula is C13H16BrNO3. The van der Waals surface area contributed by atoms with E-state index in [1.807, 2.05) is 0 Å². The molecule has 18 heavy (non-hydrogen) atoms. The van der Waals surface area contributed by atoms with Crippen LogP contribution < -0.4 is 0 Å². The zero-order valence-corrected chi connectivity index (χ0v) is 11.9. The van der Waals surface area contributed by atoms with E-state index in [1.54, 1.807) is 11.0 Å². The third kappa shape index (κ3) is 1.37.